The van der Waals surface area contributed by atoms with Gasteiger partial charge in [-0.25, -0.2) is 0 Å². The van der Waals surface area contributed by atoms with Crippen LogP contribution >= 0.6 is 28.1 Å². The van der Waals surface area contributed by atoms with Crippen LogP contribution in [0.4, 0.5) is 0 Å². The molecule has 0 atom stereocenters. The van der Waals surface area contributed by atoms with Crippen LogP contribution in [0.1, 0.15) is 15.9 Å². The molecular formula is C18H18BrN3O4S. The number of ether oxygens (including phenoxy) is 2. The molecule has 7 nitrogen and oxygen atoms in total. The molecule has 0 fully saturated rings. The van der Waals surface area contributed by atoms with Crippen molar-refractivity contribution in [1.29, 1.82) is 0 Å². The van der Waals surface area contributed by atoms with Gasteiger partial charge in [0.1, 0.15) is 11.5 Å². The summed E-state index contributed by atoms with van der Waals surface area (Å²) in [5.41, 5.74) is 6.21. The Morgan fingerprint density at radius 3 is 2.59 bits per heavy atom. The molecule has 0 bridgehead atoms. The third-order valence-electron chi connectivity index (χ3n) is 3.32. The van der Waals surface area contributed by atoms with E-state index in [1.54, 1.807) is 24.3 Å². The summed E-state index contributed by atoms with van der Waals surface area (Å²) >= 11 is 8.30. The average molecular weight is 452 g/mol. The Labute approximate surface area is 170 Å². The highest BCUT2D eigenvalue weighted by Crippen LogP contribution is 2.25. The van der Waals surface area contributed by atoms with E-state index in [0.29, 0.717) is 21.5 Å². The van der Waals surface area contributed by atoms with E-state index in [1.165, 1.54) is 7.11 Å². The summed E-state index contributed by atoms with van der Waals surface area (Å²) in [5, 5.41) is 2.42. The summed E-state index contributed by atoms with van der Waals surface area (Å²) in [6.07, 6.45) is 0. The van der Waals surface area contributed by atoms with Crippen molar-refractivity contribution in [1.82, 2.24) is 16.2 Å². The second-order valence-corrected chi connectivity index (χ2v) is 6.67. The van der Waals surface area contributed by atoms with Gasteiger partial charge in [-0.15, -0.1) is 0 Å². The number of hydrogen-bond acceptors (Lipinski definition) is 5. The van der Waals surface area contributed by atoms with Gasteiger partial charge in [0.15, 0.2) is 11.7 Å². The molecule has 0 aliphatic carbocycles. The summed E-state index contributed by atoms with van der Waals surface area (Å²) in [6, 6.07) is 12.2. The number of hydrogen-bond donors (Lipinski definition) is 3. The Morgan fingerprint density at radius 1 is 1.15 bits per heavy atom. The van der Waals surface area contributed by atoms with Crippen LogP contribution < -0.4 is 25.6 Å². The topological polar surface area (TPSA) is 88.7 Å². The van der Waals surface area contributed by atoms with Gasteiger partial charge in [0.2, 0.25) is 0 Å². The van der Waals surface area contributed by atoms with Gasteiger partial charge >= 0.3 is 0 Å². The second kappa shape index (κ2) is 9.89. The zero-order valence-electron chi connectivity index (χ0n) is 14.7. The zero-order chi connectivity index (χ0) is 19.8. The number of hydrazine groups is 1. The van der Waals surface area contributed by atoms with Gasteiger partial charge in [-0.1, -0.05) is 12.1 Å². The highest BCUT2D eigenvalue weighted by atomic mass is 79.9. The molecule has 0 unspecified atom stereocenters. The number of thiocarbonyl (C=S) groups is 1. The maximum atomic E-state index is 12.2. The quantitative estimate of drug-likeness (QED) is 0.477. The van der Waals surface area contributed by atoms with Gasteiger partial charge in [0.25, 0.3) is 11.8 Å². The van der Waals surface area contributed by atoms with Gasteiger partial charge in [0.05, 0.1) is 11.6 Å². The highest BCUT2D eigenvalue weighted by molar-refractivity contribution is 9.10. The van der Waals surface area contributed by atoms with Crippen LogP contribution in [0.5, 0.6) is 11.5 Å². The van der Waals surface area contributed by atoms with Gasteiger partial charge in [-0.05, 0) is 71.0 Å². The lowest BCUT2D eigenvalue weighted by molar-refractivity contribution is -0.123. The van der Waals surface area contributed by atoms with Crippen LogP contribution in [-0.2, 0) is 4.79 Å². The minimum absolute atomic E-state index is 0.0455. The largest absolute Gasteiger partial charge is 0.496 e. The number of carbonyl (C=O) groups excluding carboxylic acids is 2. The molecule has 0 radical (unpaired) electrons. The lowest BCUT2D eigenvalue weighted by Gasteiger charge is -2.12. The molecule has 0 aliphatic heterocycles. The number of amides is 2. The monoisotopic (exact) mass is 451 g/mol. The number of nitrogens with one attached hydrogen (secondary N) is 3. The van der Waals surface area contributed by atoms with Crippen molar-refractivity contribution in [3.05, 3.63) is 58.1 Å². The van der Waals surface area contributed by atoms with Crippen LogP contribution in [-0.4, -0.2) is 30.6 Å². The molecule has 2 rings (SSSR count). The predicted octanol–water partition coefficient (Wildman–Crippen LogP) is 2.48. The fourth-order valence-electron chi connectivity index (χ4n) is 2.03. The standard InChI is InChI=1S/C18H18BrN3O4S/c1-11-4-3-5-13(8-11)26-10-16(23)21-22-18(27)20-17(24)12-6-7-15(25-2)14(19)9-12/h3-9H,10H2,1-2H3,(H,21,23)(H2,20,22,24,27). The SMILES string of the molecule is COc1ccc(C(=O)NC(=S)NNC(=O)COc2cccc(C)c2)cc1Br. The van der Waals surface area contributed by atoms with E-state index < -0.39 is 11.8 Å². The fourth-order valence-corrected chi connectivity index (χ4v) is 2.72. The molecule has 3 N–H and O–H groups in total. The smallest absolute Gasteiger partial charge is 0.276 e. The van der Waals surface area contributed by atoms with E-state index in [9.17, 15) is 9.59 Å². The molecule has 2 aromatic rings. The molecule has 2 amide bonds. The van der Waals surface area contributed by atoms with Crippen LogP contribution in [0.25, 0.3) is 0 Å². The second-order valence-electron chi connectivity index (χ2n) is 5.41. The number of carbonyl (C=O) groups is 2. The van der Waals surface area contributed by atoms with Crippen LogP contribution in [0.15, 0.2) is 46.9 Å². The first kappa shape index (κ1) is 20.7. The molecule has 0 spiro atoms. The Hall–Kier alpha value is -2.65. The lowest BCUT2D eigenvalue weighted by atomic mass is 10.2. The molecule has 0 saturated carbocycles. The summed E-state index contributed by atoms with van der Waals surface area (Å²) in [5.74, 6) is 0.320. The van der Waals surface area contributed by atoms with Crippen LogP contribution in [0, 0.1) is 6.92 Å². The predicted molar refractivity (Wildman–Crippen MR) is 109 cm³/mol. The number of rotatable bonds is 5. The van der Waals surface area contributed by atoms with Crippen molar-refractivity contribution >= 4 is 45.1 Å². The molecule has 0 heterocycles. The Balaban J connectivity index is 1.77. The number of methoxy groups -OCH3 is 1. The summed E-state index contributed by atoms with van der Waals surface area (Å²) in [6.45, 7) is 1.73. The van der Waals surface area contributed by atoms with Crippen molar-refractivity contribution in [2.75, 3.05) is 13.7 Å². The summed E-state index contributed by atoms with van der Waals surface area (Å²) < 4.78 is 11.1. The summed E-state index contributed by atoms with van der Waals surface area (Å²) in [7, 11) is 1.53. The molecule has 27 heavy (non-hydrogen) atoms. The van der Waals surface area contributed by atoms with E-state index in [0.717, 1.165) is 5.56 Å². The van der Waals surface area contributed by atoms with Gasteiger partial charge in [-0.3, -0.25) is 25.8 Å². The fraction of sp³-hybridized carbons (Fsp3) is 0.167. The maximum absolute atomic E-state index is 12.2. The highest BCUT2D eigenvalue weighted by Gasteiger charge is 2.11. The van der Waals surface area contributed by atoms with E-state index in [1.807, 2.05) is 25.1 Å². The first-order valence-corrected chi connectivity index (χ1v) is 9.02. The van der Waals surface area contributed by atoms with E-state index in [2.05, 4.69) is 32.1 Å². The Bertz CT molecular complexity index is 860. The van der Waals surface area contributed by atoms with Crippen molar-refractivity contribution in [2.45, 2.75) is 6.92 Å². The van der Waals surface area contributed by atoms with E-state index >= 15 is 0 Å². The van der Waals surface area contributed by atoms with Crippen molar-refractivity contribution < 1.29 is 19.1 Å². The summed E-state index contributed by atoms with van der Waals surface area (Å²) in [4.78, 5) is 23.9. The third kappa shape index (κ3) is 6.54. The first-order chi connectivity index (χ1) is 12.9. The molecular weight excluding hydrogens is 434 g/mol. The van der Waals surface area contributed by atoms with E-state index in [-0.39, 0.29) is 11.7 Å². The minimum atomic E-state index is -0.444. The molecule has 0 aliphatic rings. The van der Waals surface area contributed by atoms with Gasteiger partial charge < -0.3 is 9.47 Å². The minimum Gasteiger partial charge on any atom is -0.496 e. The first-order valence-electron chi connectivity index (χ1n) is 7.82. The zero-order valence-corrected chi connectivity index (χ0v) is 17.1. The van der Waals surface area contributed by atoms with Crippen molar-refractivity contribution in [3.63, 3.8) is 0 Å². The van der Waals surface area contributed by atoms with Crippen LogP contribution in [0.2, 0.25) is 0 Å². The Kier molecular flexibility index (Phi) is 7.56. The molecule has 142 valence electrons. The lowest BCUT2D eigenvalue weighted by Crippen LogP contribution is -2.49. The Morgan fingerprint density at radius 2 is 1.93 bits per heavy atom. The normalized spacial score (nSPS) is 9.89. The molecule has 0 saturated heterocycles. The van der Waals surface area contributed by atoms with Gasteiger partial charge in [-0.2, -0.15) is 0 Å². The van der Waals surface area contributed by atoms with Crippen molar-refractivity contribution in [3.8, 4) is 11.5 Å². The van der Waals surface area contributed by atoms with Gasteiger partial charge in [0, 0.05) is 5.56 Å². The van der Waals surface area contributed by atoms with E-state index in [4.69, 9.17) is 21.7 Å². The van der Waals surface area contributed by atoms with Crippen LogP contribution in [0.3, 0.4) is 0 Å². The molecule has 9 heteroatoms. The third-order valence-corrected chi connectivity index (χ3v) is 4.14. The average Bonchev–Trinajstić information content (AvgIpc) is 2.64. The maximum Gasteiger partial charge on any atom is 0.276 e. The van der Waals surface area contributed by atoms with Crippen molar-refractivity contribution in [2.24, 2.45) is 0 Å². The number of halogens is 1. The molecule has 2 aromatic carbocycles. The number of benzene rings is 2. The molecule has 0 aromatic heterocycles. The number of aryl methyl sites for hydroxylation is 1.